The molecule has 1 heterocycles. The van der Waals surface area contributed by atoms with E-state index in [0.717, 1.165) is 82.9 Å². The van der Waals surface area contributed by atoms with Gasteiger partial charge in [0.15, 0.2) is 11.6 Å². The molecule has 240 valence electrons. The van der Waals surface area contributed by atoms with Gasteiger partial charge >= 0.3 is 5.97 Å². The molecule has 1 N–H and O–H groups in total. The fourth-order valence-corrected chi connectivity index (χ4v) is 11.7. The molecule has 44 heavy (non-hydrogen) atoms. The number of allylic oxidation sites excluding steroid dienone is 4. The Morgan fingerprint density at radius 3 is 2.34 bits per heavy atom. The highest BCUT2D eigenvalue weighted by atomic mass is 16.5. The van der Waals surface area contributed by atoms with E-state index in [-0.39, 0.29) is 68.6 Å². The van der Waals surface area contributed by atoms with E-state index in [1.807, 2.05) is 26.0 Å². The number of esters is 1. The van der Waals surface area contributed by atoms with Crippen LogP contribution in [0.25, 0.3) is 0 Å². The molecule has 0 bridgehead atoms. The van der Waals surface area contributed by atoms with E-state index in [1.165, 1.54) is 0 Å². The predicted octanol–water partition coefficient (Wildman–Crippen LogP) is 7.28. The molecule has 0 aromatic carbocycles. The number of hydrogen-bond donors (Lipinski definition) is 1. The maximum Gasteiger partial charge on any atom is 0.306 e. The number of ether oxygens (including phenoxy) is 1. The minimum Gasteiger partial charge on any atom is -0.462 e. The van der Waals surface area contributed by atoms with E-state index in [0.29, 0.717) is 6.42 Å². The SMILES string of the molecule is CC1(C)CC[C@]2(CCC(=O)OC3CCNCC3)CC[C@]3(C)C(C(=O)C=C4[C@@]5(C)C=C(C#N)C(=O)C(C)(C)[C@@H]5CC[C@]43C)C2C1. The quantitative estimate of drug-likeness (QED) is 0.340. The summed E-state index contributed by atoms with van der Waals surface area (Å²) >= 11 is 0. The summed E-state index contributed by atoms with van der Waals surface area (Å²) < 4.78 is 5.93. The van der Waals surface area contributed by atoms with Gasteiger partial charge < -0.3 is 10.1 Å². The Morgan fingerprint density at radius 2 is 1.66 bits per heavy atom. The second kappa shape index (κ2) is 10.4. The van der Waals surface area contributed by atoms with Gasteiger partial charge in [0.1, 0.15) is 12.2 Å². The molecule has 5 aliphatic carbocycles. The van der Waals surface area contributed by atoms with Crippen molar-refractivity contribution in [3.8, 4) is 6.07 Å². The molecule has 6 aliphatic rings. The van der Waals surface area contributed by atoms with E-state index >= 15 is 0 Å². The summed E-state index contributed by atoms with van der Waals surface area (Å²) in [5.41, 5.74) is -0.114. The number of nitriles is 1. The third kappa shape index (κ3) is 4.53. The van der Waals surface area contributed by atoms with Crippen LogP contribution in [0.2, 0.25) is 0 Å². The zero-order valence-corrected chi connectivity index (χ0v) is 28.2. The lowest BCUT2D eigenvalue weighted by Gasteiger charge is -2.69. The number of fused-ring (bicyclic) bond motifs is 7. The molecule has 7 atom stereocenters. The first-order chi connectivity index (χ1) is 20.5. The van der Waals surface area contributed by atoms with Crippen LogP contribution in [-0.4, -0.2) is 36.7 Å². The Kier molecular flexibility index (Phi) is 7.48. The van der Waals surface area contributed by atoms with E-state index in [2.05, 4.69) is 46.0 Å². The summed E-state index contributed by atoms with van der Waals surface area (Å²) in [5, 5.41) is 13.3. The van der Waals surface area contributed by atoms with Crippen molar-refractivity contribution in [2.75, 3.05) is 13.1 Å². The molecule has 0 amide bonds. The number of ketones is 2. The van der Waals surface area contributed by atoms with Crippen molar-refractivity contribution in [3.05, 3.63) is 23.3 Å². The van der Waals surface area contributed by atoms with Crippen LogP contribution in [-0.2, 0) is 19.1 Å². The first-order valence-corrected chi connectivity index (χ1v) is 17.4. The second-order valence-electron chi connectivity index (χ2n) is 17.6. The molecule has 2 unspecified atom stereocenters. The number of Topliss-reactive ketones (excluding diaryl/α,β-unsaturated/α-hetero) is 1. The van der Waals surface area contributed by atoms with Crippen molar-refractivity contribution in [1.29, 1.82) is 5.26 Å². The van der Waals surface area contributed by atoms with E-state index in [1.54, 1.807) is 0 Å². The van der Waals surface area contributed by atoms with Crippen LogP contribution in [0.3, 0.4) is 0 Å². The smallest absolute Gasteiger partial charge is 0.306 e. The normalized spacial score (nSPS) is 42.8. The lowest BCUT2D eigenvalue weighted by Crippen LogP contribution is -2.64. The Morgan fingerprint density at radius 1 is 0.977 bits per heavy atom. The highest BCUT2D eigenvalue weighted by molar-refractivity contribution is 6.04. The number of piperidine rings is 1. The van der Waals surface area contributed by atoms with Gasteiger partial charge in [-0.3, -0.25) is 14.4 Å². The minimum absolute atomic E-state index is 0.0209. The standard InChI is InChI=1S/C38H54N2O4/c1-33(2)14-16-38(13-9-30(42)44-25-10-18-40-19-11-25)17-15-37(7)31(26(38)22-33)27(41)20-29-35(5)21-24(23-39)32(43)34(3,4)28(35)8-12-36(29,37)6/h20-21,25-26,28,31,40H,8-19,22H2,1-7H3/t26?,28-,31?,35-,36+,37+,38+/m0/s1. The molecule has 3 saturated carbocycles. The first-order valence-electron chi connectivity index (χ1n) is 17.4. The molecule has 6 heteroatoms. The average molecular weight is 603 g/mol. The molecular formula is C38H54N2O4. The molecule has 0 aromatic rings. The number of nitrogens with zero attached hydrogens (tertiary/aromatic N) is 1. The third-order valence-corrected chi connectivity index (χ3v) is 14.5. The number of carbonyl (C=O) groups excluding carboxylic acids is 3. The molecule has 6 nitrogen and oxygen atoms in total. The lowest BCUT2D eigenvalue weighted by molar-refractivity contribution is -0.174. The van der Waals surface area contributed by atoms with Gasteiger partial charge in [-0.15, -0.1) is 0 Å². The van der Waals surface area contributed by atoms with Gasteiger partial charge in [-0.05, 0) is 117 Å². The number of carbonyl (C=O) groups is 3. The number of hydrogen-bond acceptors (Lipinski definition) is 6. The second-order valence-corrected chi connectivity index (χ2v) is 17.6. The van der Waals surface area contributed by atoms with Gasteiger partial charge in [-0.2, -0.15) is 5.26 Å². The molecule has 4 fully saturated rings. The van der Waals surface area contributed by atoms with Gasteiger partial charge in [0.05, 0.1) is 5.57 Å². The summed E-state index contributed by atoms with van der Waals surface area (Å²) in [4.78, 5) is 41.2. The highest BCUT2D eigenvalue weighted by Crippen LogP contribution is 2.75. The summed E-state index contributed by atoms with van der Waals surface area (Å²) in [7, 11) is 0. The maximum absolute atomic E-state index is 14.7. The van der Waals surface area contributed by atoms with Crippen molar-refractivity contribution in [2.24, 2.45) is 50.2 Å². The van der Waals surface area contributed by atoms with Crippen LogP contribution in [0.15, 0.2) is 23.3 Å². The van der Waals surface area contributed by atoms with Crippen LogP contribution in [0, 0.1) is 61.6 Å². The zero-order chi connectivity index (χ0) is 31.9. The number of nitrogens with one attached hydrogen (secondary N) is 1. The van der Waals surface area contributed by atoms with Gasteiger partial charge in [0.25, 0.3) is 0 Å². The van der Waals surface area contributed by atoms with E-state index in [9.17, 15) is 19.6 Å². The molecule has 1 saturated heterocycles. The Bertz CT molecular complexity index is 1360. The first kappa shape index (κ1) is 31.7. The van der Waals surface area contributed by atoms with Gasteiger partial charge in [0, 0.05) is 23.2 Å². The highest BCUT2D eigenvalue weighted by Gasteiger charge is 2.69. The Hall–Kier alpha value is -2.26. The molecule has 0 radical (unpaired) electrons. The van der Waals surface area contributed by atoms with Crippen LogP contribution in [0.1, 0.15) is 119 Å². The zero-order valence-electron chi connectivity index (χ0n) is 28.2. The lowest BCUT2D eigenvalue weighted by atomic mass is 9.34. The minimum atomic E-state index is -0.657. The summed E-state index contributed by atoms with van der Waals surface area (Å²) in [6, 6.07) is 2.21. The third-order valence-electron chi connectivity index (χ3n) is 14.5. The van der Waals surface area contributed by atoms with Gasteiger partial charge in [-0.1, -0.05) is 60.1 Å². The largest absolute Gasteiger partial charge is 0.462 e. The molecule has 6 rings (SSSR count). The molecular weight excluding hydrogens is 548 g/mol. The van der Waals surface area contributed by atoms with Gasteiger partial charge in [-0.25, -0.2) is 0 Å². The van der Waals surface area contributed by atoms with Crippen molar-refractivity contribution in [2.45, 2.75) is 125 Å². The van der Waals surface area contributed by atoms with Crippen LogP contribution < -0.4 is 5.32 Å². The van der Waals surface area contributed by atoms with Crippen molar-refractivity contribution < 1.29 is 19.1 Å². The summed E-state index contributed by atoms with van der Waals surface area (Å²) in [6.07, 6.45) is 13.9. The monoisotopic (exact) mass is 602 g/mol. The van der Waals surface area contributed by atoms with Crippen molar-refractivity contribution >= 4 is 17.5 Å². The molecule has 0 aromatic heterocycles. The fraction of sp³-hybridized carbons (Fsp3) is 0.789. The van der Waals surface area contributed by atoms with Gasteiger partial charge in [0.2, 0.25) is 0 Å². The average Bonchev–Trinajstić information content (AvgIpc) is 2.96. The molecule has 0 spiro atoms. The number of rotatable bonds is 4. The van der Waals surface area contributed by atoms with E-state index < -0.39 is 10.8 Å². The maximum atomic E-state index is 14.7. The van der Waals surface area contributed by atoms with E-state index in [4.69, 9.17) is 4.74 Å². The Labute approximate surface area is 264 Å². The van der Waals surface area contributed by atoms with Crippen LogP contribution in [0.5, 0.6) is 0 Å². The molecule has 1 aliphatic heterocycles. The Balaban J connectivity index is 1.36. The van der Waals surface area contributed by atoms with Crippen LogP contribution in [0.4, 0.5) is 0 Å². The van der Waals surface area contributed by atoms with Crippen molar-refractivity contribution in [3.63, 3.8) is 0 Å². The van der Waals surface area contributed by atoms with Crippen molar-refractivity contribution in [1.82, 2.24) is 5.32 Å². The fourth-order valence-electron chi connectivity index (χ4n) is 11.7. The summed E-state index contributed by atoms with van der Waals surface area (Å²) in [6.45, 7) is 17.5. The van der Waals surface area contributed by atoms with Crippen LogP contribution >= 0.6 is 0 Å². The topological polar surface area (TPSA) is 96.3 Å². The summed E-state index contributed by atoms with van der Waals surface area (Å²) in [5.74, 6) is 0.264. The predicted molar refractivity (Wildman–Crippen MR) is 170 cm³/mol.